The fourth-order valence-electron chi connectivity index (χ4n) is 1.59. The molecule has 0 fully saturated rings. The molecule has 5 heteroatoms. The Morgan fingerprint density at radius 2 is 2.16 bits per heavy atom. The Bertz CT molecular complexity index is 437. The van der Waals surface area contributed by atoms with Crippen molar-refractivity contribution in [2.24, 2.45) is 5.92 Å². The normalized spacial score (nSPS) is 12.5. The van der Waals surface area contributed by atoms with Crippen LogP contribution in [0.25, 0.3) is 0 Å². The summed E-state index contributed by atoms with van der Waals surface area (Å²) in [6.07, 6.45) is 0.503. The number of amides is 1. The summed E-state index contributed by atoms with van der Waals surface area (Å²) in [5.41, 5.74) is 0.895. The number of carbonyl (C=O) groups is 1. The van der Waals surface area contributed by atoms with E-state index < -0.39 is 0 Å². The van der Waals surface area contributed by atoms with Crippen molar-refractivity contribution < 1.29 is 9.90 Å². The van der Waals surface area contributed by atoms with E-state index in [0.29, 0.717) is 24.4 Å². The van der Waals surface area contributed by atoms with E-state index in [4.69, 9.17) is 11.6 Å². The predicted octanol–water partition coefficient (Wildman–Crippen LogP) is 3.17. The van der Waals surface area contributed by atoms with Gasteiger partial charge in [0, 0.05) is 16.0 Å². The minimum absolute atomic E-state index is 0.0565. The number of aliphatic hydroxyl groups excluding tert-OH is 1. The van der Waals surface area contributed by atoms with Gasteiger partial charge in [-0.05, 0) is 30.0 Å². The lowest BCUT2D eigenvalue weighted by Crippen LogP contribution is -2.29. The maximum atomic E-state index is 11.8. The molecule has 0 bridgehead atoms. The van der Waals surface area contributed by atoms with Crippen LogP contribution in [0.5, 0.6) is 0 Å². The van der Waals surface area contributed by atoms with Gasteiger partial charge in [0.15, 0.2) is 0 Å². The van der Waals surface area contributed by atoms with Gasteiger partial charge in [-0.1, -0.05) is 47.4 Å². The van der Waals surface area contributed by atoms with Gasteiger partial charge >= 0.3 is 0 Å². The molecule has 1 aromatic carbocycles. The molecule has 0 aromatic heterocycles. The van der Waals surface area contributed by atoms with Crippen molar-refractivity contribution in [3.8, 4) is 0 Å². The van der Waals surface area contributed by atoms with Gasteiger partial charge < -0.3 is 10.4 Å². The van der Waals surface area contributed by atoms with Crippen molar-refractivity contribution in [2.75, 3.05) is 6.54 Å². The Morgan fingerprint density at radius 1 is 1.47 bits per heavy atom. The van der Waals surface area contributed by atoms with E-state index in [0.717, 1.165) is 10.0 Å². The molecule has 0 aliphatic rings. The quantitative estimate of drug-likeness (QED) is 0.829. The highest BCUT2D eigenvalue weighted by atomic mass is 79.9. The van der Waals surface area contributed by atoms with Gasteiger partial charge in [0.2, 0.25) is 5.91 Å². The van der Waals surface area contributed by atoms with Gasteiger partial charge in [0.25, 0.3) is 0 Å². The molecule has 2 N–H and O–H groups in total. The highest BCUT2D eigenvalue weighted by Crippen LogP contribution is 2.21. The minimum atomic E-state index is -0.373. The third-order valence-electron chi connectivity index (χ3n) is 2.90. The molecular formula is C14H19BrClNO2. The SMILES string of the molecule is CC(C)C(O)CCNC(=O)Cc1ccc(Cl)cc1Br. The first-order chi connectivity index (χ1) is 8.90. The molecule has 0 saturated heterocycles. The van der Waals surface area contributed by atoms with Crippen molar-refractivity contribution in [1.82, 2.24) is 5.32 Å². The molecular weight excluding hydrogens is 330 g/mol. The lowest BCUT2D eigenvalue weighted by molar-refractivity contribution is -0.120. The van der Waals surface area contributed by atoms with Crippen molar-refractivity contribution >= 4 is 33.4 Å². The number of hydrogen-bond donors (Lipinski definition) is 2. The summed E-state index contributed by atoms with van der Waals surface area (Å²) in [7, 11) is 0. The zero-order valence-corrected chi connectivity index (χ0v) is 13.5. The second kappa shape index (κ2) is 7.88. The molecule has 0 spiro atoms. The number of benzene rings is 1. The summed E-state index contributed by atoms with van der Waals surface area (Å²) in [5, 5.41) is 13.1. The van der Waals surface area contributed by atoms with E-state index >= 15 is 0 Å². The first kappa shape index (κ1) is 16.5. The van der Waals surface area contributed by atoms with Crippen LogP contribution in [-0.2, 0) is 11.2 Å². The van der Waals surface area contributed by atoms with Crippen LogP contribution >= 0.6 is 27.5 Å². The van der Waals surface area contributed by atoms with Crippen LogP contribution in [0.1, 0.15) is 25.8 Å². The van der Waals surface area contributed by atoms with Crippen LogP contribution in [0, 0.1) is 5.92 Å². The number of aliphatic hydroxyl groups is 1. The first-order valence-corrected chi connectivity index (χ1v) is 7.46. The maximum absolute atomic E-state index is 11.8. The average molecular weight is 349 g/mol. The van der Waals surface area contributed by atoms with E-state index in [1.54, 1.807) is 12.1 Å². The molecule has 19 heavy (non-hydrogen) atoms. The lowest BCUT2D eigenvalue weighted by Gasteiger charge is -2.14. The van der Waals surface area contributed by atoms with Crippen molar-refractivity contribution in [3.05, 3.63) is 33.3 Å². The van der Waals surface area contributed by atoms with Gasteiger partial charge in [0.1, 0.15) is 0 Å². The average Bonchev–Trinajstić information content (AvgIpc) is 2.32. The molecule has 1 rings (SSSR count). The maximum Gasteiger partial charge on any atom is 0.224 e. The number of rotatable bonds is 6. The van der Waals surface area contributed by atoms with E-state index in [2.05, 4.69) is 21.2 Å². The molecule has 3 nitrogen and oxygen atoms in total. The molecule has 1 atom stereocenters. The van der Waals surface area contributed by atoms with Gasteiger partial charge in [-0.3, -0.25) is 4.79 Å². The molecule has 0 aliphatic carbocycles. The molecule has 1 aromatic rings. The lowest BCUT2D eigenvalue weighted by atomic mass is 10.0. The van der Waals surface area contributed by atoms with E-state index in [-0.39, 0.29) is 17.9 Å². The first-order valence-electron chi connectivity index (χ1n) is 6.29. The molecule has 0 aliphatic heterocycles. The zero-order valence-electron chi connectivity index (χ0n) is 11.1. The summed E-state index contributed by atoms with van der Waals surface area (Å²) >= 11 is 9.22. The van der Waals surface area contributed by atoms with E-state index in [1.165, 1.54) is 0 Å². The third-order valence-corrected chi connectivity index (χ3v) is 3.87. The fraction of sp³-hybridized carbons (Fsp3) is 0.500. The predicted molar refractivity (Wildman–Crippen MR) is 81.3 cm³/mol. The van der Waals surface area contributed by atoms with Gasteiger partial charge in [0.05, 0.1) is 12.5 Å². The summed E-state index contributed by atoms with van der Waals surface area (Å²) in [5.74, 6) is 0.154. The smallest absolute Gasteiger partial charge is 0.224 e. The number of hydrogen-bond acceptors (Lipinski definition) is 2. The highest BCUT2D eigenvalue weighted by Gasteiger charge is 2.10. The zero-order chi connectivity index (χ0) is 14.4. The number of nitrogens with one attached hydrogen (secondary N) is 1. The minimum Gasteiger partial charge on any atom is -0.393 e. The van der Waals surface area contributed by atoms with Crippen LogP contribution in [-0.4, -0.2) is 23.7 Å². The molecule has 1 amide bonds. The molecule has 1 unspecified atom stereocenters. The standard InChI is InChI=1S/C14H19BrClNO2/c1-9(2)13(18)5-6-17-14(19)7-10-3-4-11(16)8-12(10)15/h3-4,8-9,13,18H,5-7H2,1-2H3,(H,17,19). The van der Waals surface area contributed by atoms with E-state index in [1.807, 2.05) is 19.9 Å². The summed E-state index contributed by atoms with van der Waals surface area (Å²) in [6.45, 7) is 4.40. The van der Waals surface area contributed by atoms with Crippen LogP contribution < -0.4 is 5.32 Å². The second-order valence-corrected chi connectivity index (χ2v) is 6.15. The van der Waals surface area contributed by atoms with Crippen LogP contribution in [0.4, 0.5) is 0 Å². The monoisotopic (exact) mass is 347 g/mol. The van der Waals surface area contributed by atoms with Crippen molar-refractivity contribution in [3.63, 3.8) is 0 Å². The molecule has 0 saturated carbocycles. The van der Waals surface area contributed by atoms with Crippen molar-refractivity contribution in [1.29, 1.82) is 0 Å². The van der Waals surface area contributed by atoms with Crippen LogP contribution in [0.3, 0.4) is 0 Å². The summed E-state index contributed by atoms with van der Waals surface area (Å²) < 4.78 is 0.831. The Morgan fingerprint density at radius 3 is 2.74 bits per heavy atom. The Labute approximate surface area is 127 Å². The number of carbonyl (C=O) groups excluding carboxylic acids is 1. The van der Waals surface area contributed by atoms with Gasteiger partial charge in [-0.25, -0.2) is 0 Å². The largest absolute Gasteiger partial charge is 0.393 e. The number of halogens is 2. The molecule has 0 heterocycles. The Hall–Kier alpha value is -0.580. The summed E-state index contributed by atoms with van der Waals surface area (Å²) in [6, 6.07) is 5.36. The van der Waals surface area contributed by atoms with Gasteiger partial charge in [-0.15, -0.1) is 0 Å². The second-order valence-electron chi connectivity index (χ2n) is 4.86. The highest BCUT2D eigenvalue weighted by molar-refractivity contribution is 9.10. The Balaban J connectivity index is 2.39. The molecule has 0 radical (unpaired) electrons. The Kier molecular flexibility index (Phi) is 6.83. The van der Waals surface area contributed by atoms with Gasteiger partial charge in [-0.2, -0.15) is 0 Å². The fourth-order valence-corrected chi connectivity index (χ4v) is 2.42. The van der Waals surface area contributed by atoms with Crippen LogP contribution in [0.15, 0.2) is 22.7 Å². The van der Waals surface area contributed by atoms with E-state index in [9.17, 15) is 9.90 Å². The topological polar surface area (TPSA) is 49.3 Å². The third kappa shape index (κ3) is 5.93. The van der Waals surface area contributed by atoms with Crippen molar-refractivity contribution in [2.45, 2.75) is 32.8 Å². The van der Waals surface area contributed by atoms with Crippen LogP contribution in [0.2, 0.25) is 5.02 Å². The summed E-state index contributed by atoms with van der Waals surface area (Å²) in [4.78, 5) is 11.8. The molecule has 106 valence electrons.